The number of morpholine rings is 1. The summed E-state index contributed by atoms with van der Waals surface area (Å²) in [4.78, 5) is 13.9. The van der Waals surface area contributed by atoms with Gasteiger partial charge in [-0.2, -0.15) is 4.31 Å². The number of carbonyl (C=O) groups is 1. The van der Waals surface area contributed by atoms with Gasteiger partial charge in [-0.25, -0.2) is 8.42 Å². The number of ether oxygens (including phenoxy) is 1. The van der Waals surface area contributed by atoms with Crippen LogP contribution in [-0.4, -0.2) is 50.7 Å². The second-order valence-corrected chi connectivity index (χ2v) is 9.59. The van der Waals surface area contributed by atoms with E-state index in [2.05, 4.69) is 5.32 Å². The molecule has 150 valence electrons. The minimum Gasteiger partial charge on any atom is -0.379 e. The highest BCUT2D eigenvalue weighted by atomic mass is 32.2. The van der Waals surface area contributed by atoms with Gasteiger partial charge in [-0.05, 0) is 42.5 Å². The zero-order valence-corrected chi connectivity index (χ0v) is 17.6. The van der Waals surface area contributed by atoms with Crippen molar-refractivity contribution in [1.29, 1.82) is 0 Å². The van der Waals surface area contributed by atoms with Gasteiger partial charge in [0.1, 0.15) is 0 Å². The van der Waals surface area contributed by atoms with Crippen molar-refractivity contribution in [2.24, 2.45) is 0 Å². The third kappa shape index (κ3) is 4.57. The molecule has 3 rings (SSSR count). The van der Waals surface area contributed by atoms with E-state index < -0.39 is 10.0 Å². The molecule has 0 saturated carbocycles. The van der Waals surface area contributed by atoms with Crippen LogP contribution in [0.2, 0.25) is 0 Å². The highest BCUT2D eigenvalue weighted by Gasteiger charge is 2.28. The minimum absolute atomic E-state index is 0.165. The Kier molecular flexibility index (Phi) is 6.77. The lowest BCUT2D eigenvalue weighted by Gasteiger charge is -2.26. The van der Waals surface area contributed by atoms with Crippen molar-refractivity contribution in [1.82, 2.24) is 4.31 Å². The largest absolute Gasteiger partial charge is 0.379 e. The lowest BCUT2D eigenvalue weighted by atomic mass is 10.1. The zero-order chi connectivity index (χ0) is 20.1. The van der Waals surface area contributed by atoms with Crippen LogP contribution in [-0.2, 0) is 14.8 Å². The summed E-state index contributed by atoms with van der Waals surface area (Å²) >= 11 is 1.64. The summed E-state index contributed by atoms with van der Waals surface area (Å²) in [6.07, 6.45) is 0. The van der Waals surface area contributed by atoms with E-state index in [1.807, 2.05) is 31.2 Å². The van der Waals surface area contributed by atoms with Crippen LogP contribution in [0.4, 0.5) is 5.69 Å². The maximum Gasteiger partial charge on any atom is 0.255 e. The average Bonchev–Trinajstić information content (AvgIpc) is 2.70. The summed E-state index contributed by atoms with van der Waals surface area (Å²) in [5.74, 6) is 0.557. The average molecular weight is 421 g/mol. The molecule has 8 heteroatoms. The van der Waals surface area contributed by atoms with Gasteiger partial charge in [0, 0.05) is 23.5 Å². The van der Waals surface area contributed by atoms with Crippen LogP contribution < -0.4 is 5.32 Å². The first-order chi connectivity index (χ1) is 13.4. The van der Waals surface area contributed by atoms with E-state index in [1.165, 1.54) is 10.4 Å². The van der Waals surface area contributed by atoms with Crippen molar-refractivity contribution in [3.05, 3.63) is 53.6 Å². The number of para-hydroxylation sites is 1. The maximum absolute atomic E-state index is 13.0. The van der Waals surface area contributed by atoms with Crippen LogP contribution in [0.3, 0.4) is 0 Å². The Labute approximate surface area is 170 Å². The molecule has 1 amide bonds. The summed E-state index contributed by atoms with van der Waals surface area (Å²) in [6.45, 7) is 5.18. The van der Waals surface area contributed by atoms with E-state index in [4.69, 9.17) is 4.74 Å². The monoisotopic (exact) mass is 420 g/mol. The Bertz CT molecular complexity index is 954. The molecule has 1 N–H and O–H groups in total. The van der Waals surface area contributed by atoms with Gasteiger partial charge in [0.2, 0.25) is 10.0 Å². The molecule has 1 aliphatic rings. The van der Waals surface area contributed by atoms with Crippen LogP contribution in [0.15, 0.2) is 52.3 Å². The quantitative estimate of drug-likeness (QED) is 0.725. The van der Waals surface area contributed by atoms with Gasteiger partial charge in [0.05, 0.1) is 23.8 Å². The Balaban J connectivity index is 1.88. The van der Waals surface area contributed by atoms with Crippen LogP contribution in [0.1, 0.15) is 22.8 Å². The first kappa shape index (κ1) is 20.9. The number of rotatable bonds is 6. The number of hydrogen-bond donors (Lipinski definition) is 1. The highest BCUT2D eigenvalue weighted by molar-refractivity contribution is 7.99. The summed E-state index contributed by atoms with van der Waals surface area (Å²) in [6, 6.07) is 12.4. The molecule has 1 saturated heterocycles. The van der Waals surface area contributed by atoms with Crippen LogP contribution >= 0.6 is 11.8 Å². The van der Waals surface area contributed by atoms with Gasteiger partial charge in [-0.1, -0.05) is 25.1 Å². The molecule has 6 nitrogen and oxygen atoms in total. The van der Waals surface area contributed by atoms with Crippen molar-refractivity contribution in [3.8, 4) is 0 Å². The number of hydrogen-bond acceptors (Lipinski definition) is 5. The number of benzene rings is 2. The number of amides is 1. The van der Waals surface area contributed by atoms with E-state index in [1.54, 1.807) is 30.8 Å². The van der Waals surface area contributed by atoms with E-state index in [9.17, 15) is 13.2 Å². The number of sulfonamides is 1. The number of nitrogens with zero attached hydrogens (tertiary/aromatic N) is 1. The van der Waals surface area contributed by atoms with Gasteiger partial charge in [0.15, 0.2) is 0 Å². The molecule has 2 aromatic carbocycles. The van der Waals surface area contributed by atoms with Gasteiger partial charge < -0.3 is 10.1 Å². The van der Waals surface area contributed by atoms with Gasteiger partial charge >= 0.3 is 0 Å². The molecule has 0 atom stereocenters. The summed E-state index contributed by atoms with van der Waals surface area (Å²) in [7, 11) is -3.67. The molecule has 0 aromatic heterocycles. The molecule has 1 aliphatic heterocycles. The molecular weight excluding hydrogens is 396 g/mol. The second kappa shape index (κ2) is 9.09. The molecule has 0 bridgehead atoms. The molecule has 1 heterocycles. The maximum atomic E-state index is 13.0. The van der Waals surface area contributed by atoms with Gasteiger partial charge in [0.25, 0.3) is 5.91 Å². The van der Waals surface area contributed by atoms with Gasteiger partial charge in [-0.3, -0.25) is 4.79 Å². The zero-order valence-electron chi connectivity index (χ0n) is 16.0. The van der Waals surface area contributed by atoms with Crippen molar-refractivity contribution in [2.45, 2.75) is 23.6 Å². The number of thioether (sulfide) groups is 1. The topological polar surface area (TPSA) is 75.7 Å². The van der Waals surface area contributed by atoms with E-state index in [0.717, 1.165) is 16.3 Å². The molecule has 0 spiro atoms. The van der Waals surface area contributed by atoms with E-state index >= 15 is 0 Å². The van der Waals surface area contributed by atoms with Crippen LogP contribution in [0.25, 0.3) is 0 Å². The predicted octanol–water partition coefficient (Wildman–Crippen LogP) is 3.38. The number of carbonyl (C=O) groups excluding carboxylic acids is 1. The van der Waals surface area contributed by atoms with Gasteiger partial charge in [-0.15, -0.1) is 11.8 Å². The molecule has 0 aliphatic carbocycles. The summed E-state index contributed by atoms with van der Waals surface area (Å²) in [5, 5.41) is 2.90. The molecule has 28 heavy (non-hydrogen) atoms. The Morgan fingerprint density at radius 2 is 1.89 bits per heavy atom. The van der Waals surface area contributed by atoms with Crippen molar-refractivity contribution in [3.63, 3.8) is 0 Å². The normalized spacial score (nSPS) is 15.4. The third-order valence-corrected chi connectivity index (χ3v) is 7.47. The Morgan fingerprint density at radius 1 is 1.18 bits per heavy atom. The predicted molar refractivity (Wildman–Crippen MR) is 112 cm³/mol. The second-order valence-electron chi connectivity index (χ2n) is 6.38. The lowest BCUT2D eigenvalue weighted by molar-refractivity contribution is 0.0730. The highest BCUT2D eigenvalue weighted by Crippen LogP contribution is 2.28. The van der Waals surface area contributed by atoms with Crippen molar-refractivity contribution < 1.29 is 17.9 Å². The number of nitrogens with one attached hydrogen (secondary N) is 1. The molecule has 0 radical (unpaired) electrons. The summed E-state index contributed by atoms with van der Waals surface area (Å²) < 4.78 is 32.7. The van der Waals surface area contributed by atoms with E-state index in [0.29, 0.717) is 37.4 Å². The number of aryl methyl sites for hydroxylation is 1. The fourth-order valence-corrected chi connectivity index (χ4v) is 5.41. The third-order valence-electron chi connectivity index (χ3n) is 4.47. The standard InChI is InChI=1S/C20H24N2O4S2/c1-3-27-18-7-5-4-6-17(18)21-20(23)16-9-8-15(2)19(14-16)28(24,25)22-10-12-26-13-11-22/h4-9,14H,3,10-13H2,1-2H3,(H,21,23). The SMILES string of the molecule is CCSc1ccccc1NC(=O)c1ccc(C)c(S(=O)(=O)N2CCOCC2)c1. The van der Waals surface area contributed by atoms with Crippen LogP contribution in [0.5, 0.6) is 0 Å². The molecule has 2 aromatic rings. The smallest absolute Gasteiger partial charge is 0.255 e. The van der Waals surface area contributed by atoms with Crippen LogP contribution in [0, 0.1) is 6.92 Å². The lowest BCUT2D eigenvalue weighted by Crippen LogP contribution is -2.40. The Morgan fingerprint density at radius 3 is 2.61 bits per heavy atom. The fraction of sp³-hybridized carbons (Fsp3) is 0.350. The van der Waals surface area contributed by atoms with Crippen molar-refractivity contribution in [2.75, 3.05) is 37.4 Å². The fourth-order valence-electron chi connectivity index (χ4n) is 2.99. The number of anilines is 1. The first-order valence-electron chi connectivity index (χ1n) is 9.15. The minimum atomic E-state index is -3.67. The molecule has 0 unspecified atom stereocenters. The van der Waals surface area contributed by atoms with Crippen molar-refractivity contribution >= 4 is 33.4 Å². The van der Waals surface area contributed by atoms with E-state index in [-0.39, 0.29) is 10.8 Å². The summed E-state index contributed by atoms with van der Waals surface area (Å²) in [5.41, 5.74) is 1.65. The molecule has 1 fully saturated rings. The molecular formula is C20H24N2O4S2. The Hall–Kier alpha value is -1.87. The first-order valence-corrected chi connectivity index (χ1v) is 11.6.